The van der Waals surface area contributed by atoms with E-state index in [0.29, 0.717) is 22.9 Å². The highest BCUT2D eigenvalue weighted by atomic mass is 32.2. The van der Waals surface area contributed by atoms with Crippen molar-refractivity contribution in [2.75, 3.05) is 5.32 Å². The molecule has 33 heavy (non-hydrogen) atoms. The summed E-state index contributed by atoms with van der Waals surface area (Å²) in [6.07, 6.45) is 0. The van der Waals surface area contributed by atoms with Crippen LogP contribution in [0.1, 0.15) is 43.4 Å². The lowest BCUT2D eigenvalue weighted by Crippen LogP contribution is -2.06. The van der Waals surface area contributed by atoms with Crippen LogP contribution in [0.2, 0.25) is 0 Å². The Balaban J connectivity index is 1.40. The maximum absolute atomic E-state index is 12.0. The van der Waals surface area contributed by atoms with E-state index in [9.17, 15) is 9.59 Å². The first-order valence-corrected chi connectivity index (χ1v) is 13.2. The fourth-order valence-corrected chi connectivity index (χ4v) is 6.19. The van der Waals surface area contributed by atoms with Gasteiger partial charge in [-0.1, -0.05) is 73.0 Å². The van der Waals surface area contributed by atoms with Gasteiger partial charge in [0.15, 0.2) is 8.68 Å². The van der Waals surface area contributed by atoms with Crippen molar-refractivity contribution in [2.45, 2.75) is 46.9 Å². The zero-order valence-electron chi connectivity index (χ0n) is 18.5. The fourth-order valence-electron chi connectivity index (χ4n) is 3.23. The molecule has 2 heterocycles. The Morgan fingerprint density at radius 2 is 1.73 bits per heavy atom. The number of nitrogens with one attached hydrogen (secondary N) is 1. The number of rotatable bonds is 8. The molecule has 0 atom stereocenters. The van der Waals surface area contributed by atoms with Gasteiger partial charge in [0.2, 0.25) is 5.91 Å². The number of fused-ring (bicyclic) bond motifs is 1. The van der Waals surface area contributed by atoms with Crippen molar-refractivity contribution < 1.29 is 9.21 Å². The van der Waals surface area contributed by atoms with Crippen molar-refractivity contribution in [1.29, 1.82) is 0 Å². The molecule has 9 heteroatoms. The highest BCUT2D eigenvalue weighted by molar-refractivity contribution is 8.02. The first-order valence-electron chi connectivity index (χ1n) is 10.4. The molecule has 1 N–H and O–H groups in total. The summed E-state index contributed by atoms with van der Waals surface area (Å²) in [6, 6.07) is 15.5. The van der Waals surface area contributed by atoms with Crippen molar-refractivity contribution in [2.24, 2.45) is 0 Å². The molecule has 0 fully saturated rings. The maximum Gasteiger partial charge on any atom is 0.336 e. The Hall–Kier alpha value is -2.62. The number of benzene rings is 2. The predicted molar refractivity (Wildman–Crippen MR) is 136 cm³/mol. The van der Waals surface area contributed by atoms with Crippen LogP contribution < -0.4 is 10.9 Å². The van der Waals surface area contributed by atoms with Gasteiger partial charge in [0.05, 0.1) is 0 Å². The van der Waals surface area contributed by atoms with E-state index in [4.69, 9.17) is 4.42 Å². The lowest BCUT2D eigenvalue weighted by atomic mass is 10.0. The van der Waals surface area contributed by atoms with Gasteiger partial charge in [-0.3, -0.25) is 4.79 Å². The minimum atomic E-state index is -0.421. The fraction of sp³-hybridized carbons (Fsp3) is 0.250. The van der Waals surface area contributed by atoms with Gasteiger partial charge in [0.25, 0.3) is 0 Å². The average Bonchev–Trinajstić information content (AvgIpc) is 3.23. The van der Waals surface area contributed by atoms with Crippen LogP contribution in [0.25, 0.3) is 11.0 Å². The smallest absolute Gasteiger partial charge is 0.336 e. The quantitative estimate of drug-likeness (QED) is 0.225. The third-order valence-electron chi connectivity index (χ3n) is 4.90. The maximum atomic E-state index is 12.0. The second-order valence-corrected chi connectivity index (χ2v) is 11.2. The third-order valence-corrected chi connectivity index (χ3v) is 8.21. The molecule has 2 aromatic heterocycles. The van der Waals surface area contributed by atoms with E-state index in [1.165, 1.54) is 24.1 Å². The van der Waals surface area contributed by atoms with Gasteiger partial charge in [-0.05, 0) is 34.7 Å². The lowest BCUT2D eigenvalue weighted by Gasteiger charge is -2.07. The van der Waals surface area contributed by atoms with Crippen molar-refractivity contribution in [1.82, 2.24) is 10.2 Å². The number of thioether (sulfide) groups is 2. The van der Waals surface area contributed by atoms with E-state index in [0.717, 1.165) is 25.4 Å². The molecular formula is C24H23N3O3S3. The van der Waals surface area contributed by atoms with Gasteiger partial charge >= 0.3 is 5.63 Å². The molecule has 170 valence electrons. The Labute approximate surface area is 204 Å². The molecule has 0 spiro atoms. The second kappa shape index (κ2) is 10.5. The number of amides is 1. The predicted octanol–water partition coefficient (Wildman–Crippen LogP) is 6.31. The monoisotopic (exact) mass is 497 g/mol. The molecule has 0 aliphatic carbocycles. The van der Waals surface area contributed by atoms with Crippen LogP contribution in [0.3, 0.4) is 0 Å². The molecule has 0 bridgehead atoms. The van der Waals surface area contributed by atoms with Crippen molar-refractivity contribution in [3.05, 3.63) is 75.6 Å². The largest absolute Gasteiger partial charge is 0.423 e. The number of carbonyl (C=O) groups is 1. The molecule has 4 aromatic rings. The number of nitrogens with zero attached hydrogens (tertiary/aromatic N) is 2. The van der Waals surface area contributed by atoms with Crippen LogP contribution in [0.4, 0.5) is 5.69 Å². The third kappa shape index (κ3) is 6.25. The highest BCUT2D eigenvalue weighted by Gasteiger charge is 2.11. The Morgan fingerprint density at radius 1 is 1.03 bits per heavy atom. The number of anilines is 1. The van der Waals surface area contributed by atoms with E-state index in [2.05, 4.69) is 53.6 Å². The Morgan fingerprint density at radius 3 is 2.39 bits per heavy atom. The number of aromatic nitrogens is 2. The topological polar surface area (TPSA) is 85.1 Å². The van der Waals surface area contributed by atoms with E-state index in [1.54, 1.807) is 47.0 Å². The highest BCUT2D eigenvalue weighted by Crippen LogP contribution is 2.33. The van der Waals surface area contributed by atoms with Crippen molar-refractivity contribution in [3.63, 3.8) is 0 Å². The first kappa shape index (κ1) is 23.5. The SMILES string of the molecule is CC(=O)Nc1ccc2c(CSc3nnc(SCc4ccc(C(C)C)cc4)s3)cc(=O)oc2c1. The Kier molecular flexibility index (Phi) is 7.52. The van der Waals surface area contributed by atoms with Crippen molar-refractivity contribution >= 4 is 57.4 Å². The zero-order chi connectivity index (χ0) is 23.4. The van der Waals surface area contributed by atoms with Gasteiger partial charge in [-0.25, -0.2) is 4.79 Å². The van der Waals surface area contributed by atoms with Crippen molar-refractivity contribution in [3.8, 4) is 0 Å². The summed E-state index contributed by atoms with van der Waals surface area (Å²) < 4.78 is 7.10. The molecule has 0 radical (unpaired) electrons. The van der Waals surface area contributed by atoms with Crippen LogP contribution >= 0.6 is 34.9 Å². The molecule has 1 amide bonds. The standard InChI is InChI=1S/C24H23N3O3S3/c1-14(2)17-6-4-16(5-7-17)12-31-23-26-27-24(33-23)32-13-18-10-22(29)30-21-11-19(25-15(3)28)8-9-20(18)21/h4-11,14H,12-13H2,1-3H3,(H,25,28). The molecule has 0 saturated carbocycles. The molecule has 6 nitrogen and oxygen atoms in total. The van der Waals surface area contributed by atoms with Gasteiger partial charge in [0.1, 0.15) is 5.58 Å². The van der Waals surface area contributed by atoms with Gasteiger partial charge in [-0.2, -0.15) is 0 Å². The number of hydrogen-bond acceptors (Lipinski definition) is 8. The van der Waals surface area contributed by atoms with Gasteiger partial charge in [0, 0.05) is 41.6 Å². The molecule has 0 saturated heterocycles. The summed E-state index contributed by atoms with van der Waals surface area (Å²) in [5.74, 6) is 1.76. The Bertz CT molecular complexity index is 1330. The van der Waals surface area contributed by atoms with Crippen LogP contribution in [-0.4, -0.2) is 16.1 Å². The summed E-state index contributed by atoms with van der Waals surface area (Å²) in [6.45, 7) is 5.82. The molecule has 0 unspecified atom stereocenters. The summed E-state index contributed by atoms with van der Waals surface area (Å²) in [7, 11) is 0. The van der Waals surface area contributed by atoms with E-state index < -0.39 is 5.63 Å². The zero-order valence-corrected chi connectivity index (χ0v) is 20.9. The van der Waals surface area contributed by atoms with Gasteiger partial charge in [-0.15, -0.1) is 10.2 Å². The molecular weight excluding hydrogens is 474 g/mol. The molecule has 4 rings (SSSR count). The number of hydrogen-bond donors (Lipinski definition) is 1. The second-order valence-electron chi connectivity index (χ2n) is 7.79. The normalized spacial score (nSPS) is 11.3. The first-order chi connectivity index (χ1) is 15.9. The average molecular weight is 498 g/mol. The van der Waals surface area contributed by atoms with Crippen LogP contribution in [0, 0.1) is 0 Å². The molecule has 2 aromatic carbocycles. The van der Waals surface area contributed by atoms with Crippen LogP contribution in [0.5, 0.6) is 0 Å². The van der Waals surface area contributed by atoms with E-state index >= 15 is 0 Å². The van der Waals surface area contributed by atoms with Crippen LogP contribution in [-0.2, 0) is 16.3 Å². The summed E-state index contributed by atoms with van der Waals surface area (Å²) in [5.41, 5.74) is 4.07. The van der Waals surface area contributed by atoms with Crippen LogP contribution in [0.15, 0.2) is 66.4 Å². The summed E-state index contributed by atoms with van der Waals surface area (Å²) >= 11 is 4.77. The number of carbonyl (C=O) groups excluding carboxylic acids is 1. The summed E-state index contributed by atoms with van der Waals surface area (Å²) in [4.78, 5) is 23.3. The minimum absolute atomic E-state index is 0.180. The molecule has 0 aliphatic heterocycles. The lowest BCUT2D eigenvalue weighted by molar-refractivity contribution is -0.114. The molecule has 0 aliphatic rings. The summed E-state index contributed by atoms with van der Waals surface area (Å²) in [5, 5.41) is 12.1. The minimum Gasteiger partial charge on any atom is -0.423 e. The van der Waals surface area contributed by atoms with E-state index in [1.807, 2.05) is 6.07 Å². The van der Waals surface area contributed by atoms with Gasteiger partial charge < -0.3 is 9.73 Å². The van der Waals surface area contributed by atoms with E-state index in [-0.39, 0.29) is 5.91 Å².